The maximum atomic E-state index is 14.2. The van der Waals surface area contributed by atoms with Crippen LogP contribution < -0.4 is 21.0 Å². The van der Waals surface area contributed by atoms with Crippen LogP contribution in [-0.4, -0.2) is 53.8 Å². The average molecular weight is 843 g/mol. The molecule has 2 aliphatic carbocycles. The summed E-state index contributed by atoms with van der Waals surface area (Å²) in [7, 11) is 3.76. The number of halogens is 2. The topological polar surface area (TPSA) is 183 Å². The standard InChI is InChI=1S/C46H33Cl2N3O9/c1-4-49-23-6-11-30-35(16-23)59-36-17-24(51(2)3)7-12-31(36)40(30)42-41(46(57)58)34(47)20-33(43(42)48)44(54)50-21-22-5-10-27(45(55)56)32(15-22)39-28-13-8-25(52)18-37(28)60-38-19-26(53)9-14-29(38)39/h5-20,52H,4,21H2,1-3H3,(H,50,54)(H,55,56)(H,57,58)/b49-23+. The van der Waals surface area contributed by atoms with Crippen molar-refractivity contribution in [2.24, 2.45) is 4.99 Å². The van der Waals surface area contributed by atoms with E-state index < -0.39 is 17.8 Å². The molecule has 1 amide bonds. The highest BCUT2D eigenvalue weighted by Gasteiger charge is 2.30. The summed E-state index contributed by atoms with van der Waals surface area (Å²) in [5.41, 5.74) is 3.19. The second-order valence-corrected chi connectivity index (χ2v) is 15.0. The SMILES string of the molecule is CC/N=c1\ccc2c(-c3c(Cl)c(C(=O)NCc4ccc(C(=O)O)c(-c5c6ccc(=O)cc-6oc6cc(O)ccc56)c4)cc(Cl)c3C(=O)O)c3ccc(N(C)C)cc3oc-2c1. The summed E-state index contributed by atoms with van der Waals surface area (Å²) in [5, 5.41) is 35.2. The number of amides is 1. The second-order valence-electron chi connectivity index (χ2n) is 14.2. The fourth-order valence-corrected chi connectivity index (χ4v) is 8.07. The number of fused-ring (bicyclic) bond motifs is 4. The fraction of sp³-hybridized carbons (Fsp3) is 0.109. The van der Waals surface area contributed by atoms with E-state index in [1.165, 1.54) is 36.4 Å². The number of nitrogens with one attached hydrogen (secondary N) is 1. The molecule has 0 fully saturated rings. The zero-order chi connectivity index (χ0) is 42.6. The van der Waals surface area contributed by atoms with Crippen molar-refractivity contribution in [2.75, 3.05) is 25.5 Å². The summed E-state index contributed by atoms with van der Waals surface area (Å²) in [4.78, 5) is 58.5. The molecule has 0 aromatic heterocycles. The summed E-state index contributed by atoms with van der Waals surface area (Å²) in [6.45, 7) is 2.30. The molecule has 2 heterocycles. The van der Waals surface area contributed by atoms with Gasteiger partial charge < -0.3 is 34.4 Å². The van der Waals surface area contributed by atoms with Crippen LogP contribution >= 0.6 is 23.2 Å². The van der Waals surface area contributed by atoms with E-state index in [4.69, 9.17) is 32.0 Å². The van der Waals surface area contributed by atoms with Crippen molar-refractivity contribution in [1.29, 1.82) is 0 Å². The van der Waals surface area contributed by atoms with Gasteiger partial charge in [0.15, 0.2) is 5.43 Å². The average Bonchev–Trinajstić information content (AvgIpc) is 3.21. The van der Waals surface area contributed by atoms with Gasteiger partial charge >= 0.3 is 11.9 Å². The molecule has 0 radical (unpaired) electrons. The third kappa shape index (κ3) is 7.05. The molecule has 0 atom stereocenters. The van der Waals surface area contributed by atoms with Crippen molar-refractivity contribution in [2.45, 2.75) is 13.5 Å². The lowest BCUT2D eigenvalue weighted by molar-refractivity contribution is 0.0687. The van der Waals surface area contributed by atoms with Crippen LogP contribution in [0.5, 0.6) is 5.75 Å². The second kappa shape index (κ2) is 15.6. The Balaban J connectivity index is 1.25. The number of carboxylic acid groups (broad SMARTS) is 2. The Kier molecular flexibility index (Phi) is 10.3. The molecule has 0 saturated carbocycles. The van der Waals surface area contributed by atoms with Crippen molar-refractivity contribution in [3.63, 3.8) is 0 Å². The number of rotatable bonds is 9. The van der Waals surface area contributed by atoms with Gasteiger partial charge in [0.05, 0.1) is 32.1 Å². The third-order valence-corrected chi connectivity index (χ3v) is 10.9. The van der Waals surface area contributed by atoms with E-state index in [0.29, 0.717) is 61.8 Å². The van der Waals surface area contributed by atoms with E-state index in [1.54, 1.807) is 48.5 Å². The monoisotopic (exact) mass is 841 g/mol. The van der Waals surface area contributed by atoms with E-state index >= 15 is 0 Å². The van der Waals surface area contributed by atoms with Crippen LogP contribution in [0.25, 0.3) is 66.8 Å². The number of aromatic carboxylic acids is 2. The van der Waals surface area contributed by atoms with Gasteiger partial charge in [-0.15, -0.1) is 0 Å². The smallest absolute Gasteiger partial charge is 0.337 e. The number of carboxylic acids is 2. The molecular weight excluding hydrogens is 809 g/mol. The molecule has 4 aliphatic rings. The molecule has 300 valence electrons. The Labute approximate surface area is 350 Å². The van der Waals surface area contributed by atoms with E-state index in [-0.39, 0.29) is 66.9 Å². The van der Waals surface area contributed by atoms with E-state index in [0.717, 1.165) is 5.69 Å². The van der Waals surface area contributed by atoms with E-state index in [2.05, 4.69) is 10.3 Å². The molecule has 4 aromatic carbocycles. The van der Waals surface area contributed by atoms with Gasteiger partial charge in [-0.25, -0.2) is 9.59 Å². The quantitative estimate of drug-likeness (QED) is 0.102. The van der Waals surface area contributed by atoms with Crippen LogP contribution in [0.15, 0.2) is 116 Å². The lowest BCUT2D eigenvalue weighted by Crippen LogP contribution is -2.24. The maximum absolute atomic E-state index is 14.2. The molecular formula is C46H33Cl2N3O9. The first-order valence-corrected chi connectivity index (χ1v) is 19.3. The predicted octanol–water partition coefficient (Wildman–Crippen LogP) is 9.41. The first-order valence-electron chi connectivity index (χ1n) is 18.5. The molecule has 2 aliphatic heterocycles. The summed E-state index contributed by atoms with van der Waals surface area (Å²) >= 11 is 13.9. The lowest BCUT2D eigenvalue weighted by atomic mass is 9.89. The van der Waals surface area contributed by atoms with Crippen LogP contribution in [0, 0.1) is 0 Å². The number of hydrogen-bond acceptors (Lipinski definition) is 9. The Morgan fingerprint density at radius 2 is 1.40 bits per heavy atom. The van der Waals surface area contributed by atoms with E-state index in [9.17, 15) is 34.5 Å². The van der Waals surface area contributed by atoms with Gasteiger partial charge in [0.2, 0.25) is 0 Å². The molecule has 0 bridgehead atoms. The third-order valence-electron chi connectivity index (χ3n) is 10.2. The van der Waals surface area contributed by atoms with Gasteiger partial charge in [-0.3, -0.25) is 14.6 Å². The minimum atomic E-state index is -1.37. The molecule has 4 aromatic rings. The molecule has 0 saturated heterocycles. The molecule has 0 spiro atoms. The van der Waals surface area contributed by atoms with Crippen molar-refractivity contribution in [3.8, 4) is 50.7 Å². The number of phenols is 1. The number of phenolic OH excluding ortho intramolecular Hbond substituents is 1. The van der Waals surface area contributed by atoms with Gasteiger partial charge in [-0.05, 0) is 84.8 Å². The molecule has 14 heteroatoms. The number of anilines is 1. The van der Waals surface area contributed by atoms with Crippen LogP contribution in [0.2, 0.25) is 10.0 Å². The molecule has 4 N–H and O–H groups in total. The molecule has 12 nitrogen and oxygen atoms in total. The zero-order valence-electron chi connectivity index (χ0n) is 32.1. The summed E-state index contributed by atoms with van der Waals surface area (Å²) in [5.74, 6) is -2.79. The van der Waals surface area contributed by atoms with Crippen LogP contribution in [0.4, 0.5) is 5.69 Å². The number of hydrogen-bond donors (Lipinski definition) is 4. The molecule has 8 rings (SSSR count). The highest BCUT2D eigenvalue weighted by atomic mass is 35.5. The number of aromatic hydroxyl groups is 1. The van der Waals surface area contributed by atoms with Gasteiger partial charge in [-0.1, -0.05) is 29.3 Å². The predicted molar refractivity (Wildman–Crippen MR) is 230 cm³/mol. The highest BCUT2D eigenvalue weighted by Crippen LogP contribution is 2.48. The van der Waals surface area contributed by atoms with Crippen molar-refractivity contribution < 1.29 is 38.5 Å². The summed E-state index contributed by atoms with van der Waals surface area (Å²) < 4.78 is 12.3. The zero-order valence-corrected chi connectivity index (χ0v) is 33.6. The summed E-state index contributed by atoms with van der Waals surface area (Å²) in [6, 6.07) is 25.1. The first-order chi connectivity index (χ1) is 28.7. The number of carbonyl (C=O) groups excluding carboxylic acids is 1. The van der Waals surface area contributed by atoms with Gasteiger partial charge in [0, 0.05) is 95.7 Å². The van der Waals surface area contributed by atoms with E-state index in [1.807, 2.05) is 38.1 Å². The van der Waals surface area contributed by atoms with Crippen molar-refractivity contribution >= 4 is 68.7 Å². The van der Waals surface area contributed by atoms with Crippen molar-refractivity contribution in [3.05, 3.63) is 145 Å². The molecule has 0 unspecified atom stereocenters. The van der Waals surface area contributed by atoms with Gasteiger partial charge in [-0.2, -0.15) is 0 Å². The minimum Gasteiger partial charge on any atom is -0.508 e. The van der Waals surface area contributed by atoms with Crippen molar-refractivity contribution in [1.82, 2.24) is 5.32 Å². The maximum Gasteiger partial charge on any atom is 0.337 e. The normalized spacial score (nSPS) is 11.8. The van der Waals surface area contributed by atoms with Gasteiger partial charge in [0.25, 0.3) is 5.91 Å². The van der Waals surface area contributed by atoms with Crippen LogP contribution in [0.3, 0.4) is 0 Å². The Morgan fingerprint density at radius 1 is 0.717 bits per heavy atom. The Bertz CT molecular complexity index is 3170. The lowest BCUT2D eigenvalue weighted by Gasteiger charge is -2.21. The van der Waals surface area contributed by atoms with Gasteiger partial charge in [0.1, 0.15) is 28.4 Å². The fourth-order valence-electron chi connectivity index (χ4n) is 7.45. The number of nitrogens with zero attached hydrogens (tertiary/aromatic N) is 2. The van der Waals surface area contributed by atoms with Crippen LogP contribution in [-0.2, 0) is 6.54 Å². The molecule has 60 heavy (non-hydrogen) atoms. The van der Waals surface area contributed by atoms with Crippen LogP contribution in [0.1, 0.15) is 43.6 Å². The first kappa shape index (κ1) is 39.7. The highest BCUT2D eigenvalue weighted by molar-refractivity contribution is 6.41. The Morgan fingerprint density at radius 3 is 2.12 bits per heavy atom. The number of benzene rings is 6. The number of carbonyl (C=O) groups is 3. The Hall–Kier alpha value is -7.15. The minimum absolute atomic E-state index is 0.0130. The largest absolute Gasteiger partial charge is 0.508 e. The summed E-state index contributed by atoms with van der Waals surface area (Å²) in [6.07, 6.45) is 0.